The van der Waals surface area contributed by atoms with Crippen LogP contribution in [-0.2, 0) is 27.7 Å². The first-order chi connectivity index (χ1) is 17.4. The number of carbonyl (C=O) groups excluding carboxylic acids is 1. The lowest BCUT2D eigenvalue weighted by atomic mass is 9.97. The molecule has 1 heterocycles. The van der Waals surface area contributed by atoms with Crippen LogP contribution >= 0.6 is 10.5 Å². The standard InChI is InChI=1S/C30H30F3O3S/c1-6-24-17-21-9-7-8-10-26(21)37(24)25-15-19(2)28(20(3)16-25)35-18-27(34)36-29(4,5)22-11-13-23(14-12-22)30(31,32)33/h7-17H,6,18H2,1-5H3/q+1. The van der Waals surface area contributed by atoms with E-state index in [4.69, 9.17) is 9.47 Å². The number of halogens is 3. The Labute approximate surface area is 217 Å². The number of fused-ring (bicyclic) bond motifs is 1. The predicted molar refractivity (Wildman–Crippen MR) is 143 cm³/mol. The van der Waals surface area contributed by atoms with Gasteiger partial charge in [-0.3, -0.25) is 0 Å². The quantitative estimate of drug-likeness (QED) is 0.178. The summed E-state index contributed by atoms with van der Waals surface area (Å²) in [6.45, 7) is 9.07. The molecule has 1 aromatic heterocycles. The average Bonchev–Trinajstić information content (AvgIpc) is 3.21. The van der Waals surface area contributed by atoms with Crippen molar-refractivity contribution in [3.05, 3.63) is 93.9 Å². The van der Waals surface area contributed by atoms with Gasteiger partial charge in [-0.15, -0.1) is 0 Å². The van der Waals surface area contributed by atoms with Crippen LogP contribution in [0.4, 0.5) is 13.2 Å². The number of esters is 1. The second kappa shape index (κ2) is 10.2. The molecular formula is C30H30F3O3S+. The molecule has 0 fully saturated rings. The van der Waals surface area contributed by atoms with E-state index in [2.05, 4.69) is 49.4 Å². The van der Waals surface area contributed by atoms with E-state index < -0.39 is 23.3 Å². The van der Waals surface area contributed by atoms with Crippen molar-refractivity contribution in [1.82, 2.24) is 0 Å². The third-order valence-corrected chi connectivity index (χ3v) is 8.80. The molecule has 0 spiro atoms. The van der Waals surface area contributed by atoms with Crippen LogP contribution in [0, 0.1) is 13.8 Å². The fraction of sp³-hybridized carbons (Fsp3) is 0.300. The van der Waals surface area contributed by atoms with Crippen molar-refractivity contribution < 1.29 is 27.4 Å². The molecule has 0 radical (unpaired) electrons. The Bertz CT molecular complexity index is 1410. The van der Waals surface area contributed by atoms with E-state index in [1.54, 1.807) is 13.8 Å². The zero-order valence-electron chi connectivity index (χ0n) is 21.5. The monoisotopic (exact) mass is 527 g/mol. The molecule has 0 saturated heterocycles. The van der Waals surface area contributed by atoms with Crippen LogP contribution in [-0.4, -0.2) is 12.6 Å². The molecular weight excluding hydrogens is 497 g/mol. The van der Waals surface area contributed by atoms with Crippen LogP contribution in [0.25, 0.3) is 15.0 Å². The fourth-order valence-electron chi connectivity index (χ4n) is 4.50. The molecule has 194 valence electrons. The summed E-state index contributed by atoms with van der Waals surface area (Å²) < 4.78 is 51.4. The Morgan fingerprint density at radius 1 is 0.892 bits per heavy atom. The summed E-state index contributed by atoms with van der Waals surface area (Å²) in [5.74, 6) is 0.0294. The van der Waals surface area contributed by atoms with Gasteiger partial charge in [0.1, 0.15) is 11.4 Å². The maximum Gasteiger partial charge on any atom is 0.416 e. The van der Waals surface area contributed by atoms with Crippen LogP contribution in [0.3, 0.4) is 0 Å². The number of hydrogen-bond acceptors (Lipinski definition) is 3. The number of alkyl halides is 3. The lowest BCUT2D eigenvalue weighted by molar-refractivity contribution is -0.160. The van der Waals surface area contributed by atoms with Gasteiger partial charge in [-0.05, 0) is 68.7 Å². The van der Waals surface area contributed by atoms with E-state index in [1.807, 2.05) is 13.8 Å². The second-order valence-corrected chi connectivity index (χ2v) is 11.6. The van der Waals surface area contributed by atoms with E-state index in [0.717, 1.165) is 29.7 Å². The van der Waals surface area contributed by atoms with Crippen LogP contribution in [0.5, 0.6) is 5.75 Å². The van der Waals surface area contributed by atoms with Crippen molar-refractivity contribution in [1.29, 1.82) is 0 Å². The molecule has 0 N–H and O–H groups in total. The molecule has 3 aromatic carbocycles. The van der Waals surface area contributed by atoms with Crippen LogP contribution in [0.1, 0.15) is 47.9 Å². The van der Waals surface area contributed by atoms with E-state index in [0.29, 0.717) is 11.3 Å². The number of ether oxygens (including phenoxy) is 2. The third kappa shape index (κ3) is 5.67. The number of aryl methyl sites for hydroxylation is 3. The molecule has 1 atom stereocenters. The highest BCUT2D eigenvalue weighted by Gasteiger charge is 2.32. The molecule has 0 aliphatic carbocycles. The fourth-order valence-corrected chi connectivity index (χ4v) is 7.04. The number of hydrogen-bond donors (Lipinski definition) is 0. The maximum atomic E-state index is 12.9. The first-order valence-electron chi connectivity index (χ1n) is 12.1. The lowest BCUT2D eigenvalue weighted by Gasteiger charge is -2.26. The topological polar surface area (TPSA) is 35.5 Å². The zero-order valence-corrected chi connectivity index (χ0v) is 22.3. The summed E-state index contributed by atoms with van der Waals surface area (Å²) >= 11 is 0. The van der Waals surface area contributed by atoms with Crippen molar-refractivity contribution in [3.8, 4) is 10.6 Å². The number of rotatable bonds is 7. The van der Waals surface area contributed by atoms with Gasteiger partial charge in [0.2, 0.25) is 0 Å². The molecule has 0 saturated carbocycles. The molecule has 7 heteroatoms. The van der Waals surface area contributed by atoms with Crippen molar-refractivity contribution in [2.45, 2.75) is 52.8 Å². The van der Waals surface area contributed by atoms with Gasteiger partial charge in [-0.25, -0.2) is 4.79 Å². The highest BCUT2D eigenvalue weighted by molar-refractivity contribution is 7.45. The van der Waals surface area contributed by atoms with Gasteiger partial charge in [0.15, 0.2) is 21.1 Å². The minimum absolute atomic E-state index is 0.144. The Morgan fingerprint density at radius 2 is 1.49 bits per heavy atom. The molecule has 1 unspecified atom stereocenters. The average molecular weight is 528 g/mol. The Balaban J connectivity index is 1.49. The van der Waals surface area contributed by atoms with Gasteiger partial charge in [0, 0.05) is 40.5 Å². The van der Waals surface area contributed by atoms with Crippen molar-refractivity contribution in [2.75, 3.05) is 6.61 Å². The summed E-state index contributed by atoms with van der Waals surface area (Å²) in [6.07, 6.45) is -3.46. The van der Waals surface area contributed by atoms with Gasteiger partial charge in [0.05, 0.1) is 5.56 Å². The Kier molecular flexibility index (Phi) is 7.38. The van der Waals surface area contributed by atoms with E-state index >= 15 is 0 Å². The van der Waals surface area contributed by atoms with Gasteiger partial charge in [0.25, 0.3) is 0 Å². The predicted octanol–water partition coefficient (Wildman–Crippen LogP) is 8.63. The van der Waals surface area contributed by atoms with E-state index in [-0.39, 0.29) is 17.1 Å². The summed E-state index contributed by atoms with van der Waals surface area (Å²) in [4.78, 5) is 15.2. The minimum Gasteiger partial charge on any atom is -0.481 e. The first kappa shape index (κ1) is 26.7. The molecule has 0 aliphatic heterocycles. The molecule has 37 heavy (non-hydrogen) atoms. The van der Waals surface area contributed by atoms with Gasteiger partial charge >= 0.3 is 12.1 Å². The molecule has 4 rings (SSSR count). The normalized spacial score (nSPS) is 12.6. The number of thiophene rings is 1. The molecule has 0 aliphatic rings. The van der Waals surface area contributed by atoms with Crippen molar-refractivity contribution >= 4 is 26.5 Å². The smallest absolute Gasteiger partial charge is 0.416 e. The molecule has 4 aromatic rings. The summed E-state index contributed by atoms with van der Waals surface area (Å²) in [5, 5.41) is 1.26. The lowest BCUT2D eigenvalue weighted by Crippen LogP contribution is -2.29. The summed E-state index contributed by atoms with van der Waals surface area (Å²) in [6, 6.07) is 19.6. The molecule has 0 amide bonds. The SMILES string of the molecule is CCc1cc2ccccc2[s+]1-c1cc(C)c(OCC(=O)OC(C)(C)c2ccc(C(F)(F)F)cc2)c(C)c1. The molecule has 0 bridgehead atoms. The van der Waals surface area contributed by atoms with Gasteiger partial charge in [-0.2, -0.15) is 13.2 Å². The Morgan fingerprint density at radius 3 is 2.08 bits per heavy atom. The summed E-state index contributed by atoms with van der Waals surface area (Å²) in [5.41, 5.74) is 0.454. The van der Waals surface area contributed by atoms with Gasteiger partial charge < -0.3 is 9.47 Å². The Hall–Kier alpha value is -3.32. The zero-order chi connectivity index (χ0) is 27.0. The van der Waals surface area contributed by atoms with Gasteiger partial charge in [-0.1, -0.05) is 31.2 Å². The number of benzene rings is 3. The van der Waals surface area contributed by atoms with E-state index in [9.17, 15) is 18.0 Å². The number of carbonyl (C=O) groups is 1. The van der Waals surface area contributed by atoms with Crippen LogP contribution in [0.15, 0.2) is 66.7 Å². The molecule has 3 nitrogen and oxygen atoms in total. The van der Waals surface area contributed by atoms with E-state index in [1.165, 1.54) is 32.0 Å². The van der Waals surface area contributed by atoms with Crippen molar-refractivity contribution in [3.63, 3.8) is 0 Å². The first-order valence-corrected chi connectivity index (χ1v) is 13.3. The minimum atomic E-state index is -4.42. The van der Waals surface area contributed by atoms with Crippen LogP contribution < -0.4 is 4.74 Å². The highest BCUT2D eigenvalue weighted by Crippen LogP contribution is 2.46. The van der Waals surface area contributed by atoms with Crippen molar-refractivity contribution in [2.24, 2.45) is 0 Å². The highest BCUT2D eigenvalue weighted by atomic mass is 32.2. The van der Waals surface area contributed by atoms with Crippen LogP contribution in [0.2, 0.25) is 0 Å². The third-order valence-electron chi connectivity index (χ3n) is 6.35. The largest absolute Gasteiger partial charge is 0.481 e. The summed E-state index contributed by atoms with van der Waals surface area (Å²) in [7, 11) is -0.144. The second-order valence-electron chi connectivity index (χ2n) is 9.54. The maximum absolute atomic E-state index is 12.9.